The van der Waals surface area contributed by atoms with Crippen LogP contribution < -0.4 is 15.0 Å². The highest BCUT2D eigenvalue weighted by Crippen LogP contribution is 2.29. The molecule has 8 nitrogen and oxygen atoms in total. The van der Waals surface area contributed by atoms with Gasteiger partial charge in [0.15, 0.2) is 0 Å². The van der Waals surface area contributed by atoms with E-state index in [2.05, 4.69) is 21.2 Å². The number of hydrogen-bond donors (Lipinski definition) is 1. The Balaban J connectivity index is 1.53. The molecule has 3 rings (SSSR count). The molecule has 2 aromatic carbocycles. The zero-order chi connectivity index (χ0) is 23.3. The maximum Gasteiger partial charge on any atom is 0.242 e. The predicted molar refractivity (Wildman–Crippen MR) is 127 cm³/mol. The predicted octanol–water partition coefficient (Wildman–Crippen LogP) is 2.75. The summed E-state index contributed by atoms with van der Waals surface area (Å²) in [5.74, 6) is 0.647. The summed E-state index contributed by atoms with van der Waals surface area (Å²) in [5.41, 5.74) is 1.37. The fourth-order valence-corrected chi connectivity index (χ4v) is 4.64. The second-order valence-corrected chi connectivity index (χ2v) is 10.3. The molecule has 1 fully saturated rings. The molecule has 32 heavy (non-hydrogen) atoms. The number of amides is 1. The lowest BCUT2D eigenvalue weighted by Gasteiger charge is -2.36. The van der Waals surface area contributed by atoms with Gasteiger partial charge in [-0.25, -0.2) is 12.7 Å². The maximum absolute atomic E-state index is 12.5. The van der Waals surface area contributed by atoms with Crippen LogP contribution in [0.1, 0.15) is 6.42 Å². The zero-order valence-electron chi connectivity index (χ0n) is 18.5. The number of carbonyl (C=O) groups excluding carboxylic acids is 1. The highest BCUT2D eigenvalue weighted by atomic mass is 35.5. The highest BCUT2D eigenvalue weighted by Gasteiger charge is 2.21. The van der Waals surface area contributed by atoms with Gasteiger partial charge in [-0.05, 0) is 30.3 Å². The number of benzene rings is 2. The Labute approximate surface area is 194 Å². The van der Waals surface area contributed by atoms with Gasteiger partial charge < -0.3 is 15.0 Å². The first-order valence-corrected chi connectivity index (χ1v) is 12.2. The molecule has 0 unspecified atom stereocenters. The monoisotopic (exact) mass is 480 g/mol. The van der Waals surface area contributed by atoms with Crippen molar-refractivity contribution in [2.75, 3.05) is 64.1 Å². The van der Waals surface area contributed by atoms with Gasteiger partial charge in [-0.3, -0.25) is 9.69 Å². The summed E-state index contributed by atoms with van der Waals surface area (Å²) in [7, 11) is 0.968. The van der Waals surface area contributed by atoms with Gasteiger partial charge in [0.25, 0.3) is 0 Å². The standard InChI is InChI=1S/C22H29ClN4O4S/c1-25(2)32(29,30)17-8-9-18(23)19(16-17)24-22(28)10-11-26-12-14-27(15-13-26)20-6-4-5-7-21(20)31-3/h4-9,16H,10-15H2,1-3H3,(H,24,28). The number of halogens is 1. The fourth-order valence-electron chi connectivity index (χ4n) is 3.55. The second-order valence-electron chi connectivity index (χ2n) is 7.73. The van der Waals surface area contributed by atoms with Gasteiger partial charge >= 0.3 is 0 Å². The number of hydrogen-bond acceptors (Lipinski definition) is 6. The van der Waals surface area contributed by atoms with E-state index in [1.165, 1.54) is 32.3 Å². The smallest absolute Gasteiger partial charge is 0.242 e. The van der Waals surface area contributed by atoms with Crippen LogP contribution >= 0.6 is 11.6 Å². The number of rotatable bonds is 8. The third kappa shape index (κ3) is 5.72. The van der Waals surface area contributed by atoms with Crippen LogP contribution in [0.2, 0.25) is 5.02 Å². The number of methoxy groups -OCH3 is 1. The SMILES string of the molecule is COc1ccccc1N1CCN(CCC(=O)Nc2cc(S(=O)(=O)N(C)C)ccc2Cl)CC1. The molecule has 1 amide bonds. The molecule has 0 spiro atoms. The van der Waals surface area contributed by atoms with Crippen molar-refractivity contribution in [3.8, 4) is 5.75 Å². The zero-order valence-corrected chi connectivity index (χ0v) is 20.1. The van der Waals surface area contributed by atoms with Crippen molar-refractivity contribution in [1.29, 1.82) is 0 Å². The molecule has 1 saturated heterocycles. The molecule has 0 aromatic heterocycles. The van der Waals surface area contributed by atoms with E-state index in [0.717, 1.165) is 41.9 Å². The van der Waals surface area contributed by atoms with E-state index in [4.69, 9.17) is 16.3 Å². The molecule has 174 valence electrons. The van der Waals surface area contributed by atoms with E-state index in [-0.39, 0.29) is 17.2 Å². The van der Waals surface area contributed by atoms with Crippen molar-refractivity contribution in [3.05, 3.63) is 47.5 Å². The van der Waals surface area contributed by atoms with Crippen LogP contribution in [0.15, 0.2) is 47.4 Å². The van der Waals surface area contributed by atoms with Crippen molar-refractivity contribution in [3.63, 3.8) is 0 Å². The van der Waals surface area contributed by atoms with Crippen LogP contribution in [0.5, 0.6) is 5.75 Å². The van der Waals surface area contributed by atoms with Gasteiger partial charge in [-0.1, -0.05) is 23.7 Å². The van der Waals surface area contributed by atoms with Crippen LogP contribution in [-0.2, 0) is 14.8 Å². The topological polar surface area (TPSA) is 82.2 Å². The van der Waals surface area contributed by atoms with Gasteiger partial charge in [0, 0.05) is 53.2 Å². The lowest BCUT2D eigenvalue weighted by molar-refractivity contribution is -0.116. The first kappa shape index (κ1) is 24.3. The number of carbonyl (C=O) groups is 1. The van der Waals surface area contributed by atoms with Crippen molar-refractivity contribution >= 4 is 38.9 Å². The summed E-state index contributed by atoms with van der Waals surface area (Å²) in [4.78, 5) is 17.1. The fraction of sp³-hybridized carbons (Fsp3) is 0.409. The molecule has 1 heterocycles. The summed E-state index contributed by atoms with van der Waals surface area (Å²) >= 11 is 6.17. The van der Waals surface area contributed by atoms with Gasteiger partial charge in [-0.15, -0.1) is 0 Å². The summed E-state index contributed by atoms with van der Waals surface area (Å²) in [6.07, 6.45) is 0.287. The molecule has 0 radical (unpaired) electrons. The van der Waals surface area contributed by atoms with E-state index in [9.17, 15) is 13.2 Å². The Kier molecular flexibility index (Phi) is 8.00. The number of nitrogens with zero attached hydrogens (tertiary/aromatic N) is 3. The molecular weight excluding hydrogens is 452 g/mol. The number of anilines is 2. The number of para-hydroxylation sites is 2. The minimum absolute atomic E-state index is 0.0784. The van der Waals surface area contributed by atoms with E-state index >= 15 is 0 Å². The van der Waals surface area contributed by atoms with Gasteiger partial charge in [0.05, 0.1) is 28.4 Å². The normalized spacial score (nSPS) is 15.1. The van der Waals surface area contributed by atoms with E-state index in [1.54, 1.807) is 7.11 Å². The number of nitrogens with one attached hydrogen (secondary N) is 1. The molecule has 0 aliphatic carbocycles. The second kappa shape index (κ2) is 10.5. The average molecular weight is 481 g/mol. The first-order valence-electron chi connectivity index (χ1n) is 10.3. The van der Waals surface area contributed by atoms with Crippen molar-refractivity contribution in [2.45, 2.75) is 11.3 Å². The molecule has 0 atom stereocenters. The molecule has 1 aliphatic heterocycles. The van der Waals surface area contributed by atoms with E-state index in [1.807, 2.05) is 18.2 Å². The van der Waals surface area contributed by atoms with Crippen LogP contribution in [-0.4, -0.2) is 77.5 Å². The number of piperazine rings is 1. The third-order valence-electron chi connectivity index (χ3n) is 5.44. The Morgan fingerprint density at radius 2 is 1.81 bits per heavy atom. The number of ether oxygens (including phenoxy) is 1. The quantitative estimate of drug-likeness (QED) is 0.625. The molecule has 0 saturated carbocycles. The molecule has 0 bridgehead atoms. The van der Waals surface area contributed by atoms with Gasteiger partial charge in [-0.2, -0.15) is 0 Å². The van der Waals surface area contributed by atoms with Gasteiger partial charge in [0.1, 0.15) is 5.75 Å². The average Bonchev–Trinajstić information content (AvgIpc) is 2.79. The molecule has 10 heteroatoms. The van der Waals surface area contributed by atoms with E-state index in [0.29, 0.717) is 17.3 Å². The summed E-state index contributed by atoms with van der Waals surface area (Å²) in [5, 5.41) is 3.04. The summed E-state index contributed by atoms with van der Waals surface area (Å²) < 4.78 is 31.2. The molecular formula is C22H29ClN4O4S. The van der Waals surface area contributed by atoms with Crippen LogP contribution in [0.3, 0.4) is 0 Å². The largest absolute Gasteiger partial charge is 0.495 e. The first-order chi connectivity index (χ1) is 15.2. The van der Waals surface area contributed by atoms with Crippen LogP contribution in [0.4, 0.5) is 11.4 Å². The Morgan fingerprint density at radius 3 is 2.47 bits per heavy atom. The van der Waals surface area contributed by atoms with Crippen molar-refractivity contribution < 1.29 is 17.9 Å². The Hall–Kier alpha value is -2.33. The molecule has 1 aliphatic rings. The van der Waals surface area contributed by atoms with Crippen molar-refractivity contribution in [1.82, 2.24) is 9.21 Å². The van der Waals surface area contributed by atoms with E-state index < -0.39 is 10.0 Å². The van der Waals surface area contributed by atoms with Crippen molar-refractivity contribution in [2.24, 2.45) is 0 Å². The maximum atomic E-state index is 12.5. The number of sulfonamides is 1. The highest BCUT2D eigenvalue weighted by molar-refractivity contribution is 7.89. The summed E-state index contributed by atoms with van der Waals surface area (Å²) in [6.45, 7) is 3.97. The van der Waals surface area contributed by atoms with Crippen LogP contribution in [0.25, 0.3) is 0 Å². The summed E-state index contributed by atoms with van der Waals surface area (Å²) in [6, 6.07) is 12.3. The minimum atomic E-state index is -3.61. The van der Waals surface area contributed by atoms with Gasteiger partial charge in [0.2, 0.25) is 15.9 Å². The molecule has 2 aromatic rings. The third-order valence-corrected chi connectivity index (χ3v) is 7.58. The lowest BCUT2D eigenvalue weighted by atomic mass is 10.2. The lowest BCUT2D eigenvalue weighted by Crippen LogP contribution is -2.47. The minimum Gasteiger partial charge on any atom is -0.495 e. The Bertz CT molecular complexity index is 1050. The van der Waals surface area contributed by atoms with Crippen LogP contribution in [0, 0.1) is 0 Å². The Morgan fingerprint density at radius 1 is 1.12 bits per heavy atom. The molecule has 1 N–H and O–H groups in total.